The predicted molar refractivity (Wildman–Crippen MR) is 100 cm³/mol. The van der Waals surface area contributed by atoms with Gasteiger partial charge >= 0.3 is 5.97 Å². The van der Waals surface area contributed by atoms with Crippen LogP contribution in [0.5, 0.6) is 11.5 Å². The number of esters is 1. The SMILES string of the molecule is COc1cc(Br)c(O)c2c1C(=O)N([C@@H](CCC(=O)OC(C)(C)C)C(N)=O)C2. The van der Waals surface area contributed by atoms with E-state index in [0.717, 1.165) is 0 Å². The van der Waals surface area contributed by atoms with E-state index < -0.39 is 29.4 Å². The van der Waals surface area contributed by atoms with Crippen molar-refractivity contribution >= 4 is 33.7 Å². The van der Waals surface area contributed by atoms with Crippen LogP contribution in [-0.2, 0) is 20.9 Å². The average Bonchev–Trinajstić information content (AvgIpc) is 2.87. The normalized spacial score (nSPS) is 14.7. The standard InChI is InChI=1S/C18H23BrN2O6/c1-18(2,3)27-13(22)6-5-11(16(20)24)21-8-9-14(17(21)25)12(26-4)7-10(19)15(9)23/h7,11,23H,5-6,8H2,1-4H3,(H2,20,24)/t11-/m0/s1. The number of fused-ring (bicyclic) bond motifs is 1. The van der Waals surface area contributed by atoms with Gasteiger partial charge in [0.05, 0.1) is 23.7 Å². The quantitative estimate of drug-likeness (QED) is 0.650. The molecule has 0 aliphatic carbocycles. The number of ether oxygens (including phenoxy) is 2. The lowest BCUT2D eigenvalue weighted by Crippen LogP contribution is -2.45. The van der Waals surface area contributed by atoms with Crippen molar-refractivity contribution < 1.29 is 29.0 Å². The lowest BCUT2D eigenvalue weighted by molar-refractivity contribution is -0.155. The summed E-state index contributed by atoms with van der Waals surface area (Å²) >= 11 is 3.21. The molecule has 0 unspecified atom stereocenters. The lowest BCUT2D eigenvalue weighted by Gasteiger charge is -2.25. The number of methoxy groups -OCH3 is 1. The Kier molecular flexibility index (Phi) is 6.04. The van der Waals surface area contributed by atoms with Crippen LogP contribution in [0.4, 0.5) is 0 Å². The molecule has 1 aliphatic rings. The van der Waals surface area contributed by atoms with Gasteiger partial charge in [-0.05, 0) is 49.2 Å². The summed E-state index contributed by atoms with van der Waals surface area (Å²) in [6.45, 7) is 5.20. The number of hydrogen-bond donors (Lipinski definition) is 2. The smallest absolute Gasteiger partial charge is 0.306 e. The van der Waals surface area contributed by atoms with Gasteiger partial charge in [0.2, 0.25) is 5.91 Å². The number of nitrogens with zero attached hydrogens (tertiary/aromatic N) is 1. The summed E-state index contributed by atoms with van der Waals surface area (Å²) in [7, 11) is 1.41. The van der Waals surface area contributed by atoms with E-state index in [1.165, 1.54) is 18.1 Å². The van der Waals surface area contributed by atoms with Gasteiger partial charge in [-0.15, -0.1) is 0 Å². The van der Waals surface area contributed by atoms with E-state index in [1.807, 2.05) is 0 Å². The summed E-state index contributed by atoms with van der Waals surface area (Å²) in [5, 5.41) is 10.3. The minimum absolute atomic E-state index is 0.0161. The van der Waals surface area contributed by atoms with Crippen LogP contribution >= 0.6 is 15.9 Å². The number of carbonyl (C=O) groups is 3. The molecule has 0 saturated heterocycles. The Bertz CT molecular complexity index is 787. The van der Waals surface area contributed by atoms with E-state index in [4.69, 9.17) is 15.2 Å². The molecule has 0 spiro atoms. The number of aromatic hydroxyl groups is 1. The Morgan fingerprint density at radius 2 is 2.04 bits per heavy atom. The van der Waals surface area contributed by atoms with Crippen LogP contribution < -0.4 is 10.5 Å². The zero-order valence-corrected chi connectivity index (χ0v) is 17.3. The minimum atomic E-state index is -1.01. The van der Waals surface area contributed by atoms with Crippen molar-refractivity contribution in [3.63, 3.8) is 0 Å². The number of nitrogens with two attached hydrogens (primary N) is 1. The molecule has 1 aromatic carbocycles. The van der Waals surface area contributed by atoms with Crippen molar-refractivity contribution in [2.75, 3.05) is 7.11 Å². The van der Waals surface area contributed by atoms with Crippen molar-refractivity contribution in [2.45, 2.75) is 51.8 Å². The molecule has 27 heavy (non-hydrogen) atoms. The van der Waals surface area contributed by atoms with Gasteiger partial charge in [0.25, 0.3) is 5.91 Å². The van der Waals surface area contributed by atoms with Crippen LogP contribution in [0.15, 0.2) is 10.5 Å². The fraction of sp³-hybridized carbons (Fsp3) is 0.500. The second-order valence-corrected chi connectivity index (χ2v) is 8.09. The van der Waals surface area contributed by atoms with Crippen LogP contribution in [0.1, 0.15) is 49.5 Å². The molecule has 2 amide bonds. The molecule has 1 heterocycles. The molecule has 0 radical (unpaired) electrons. The lowest BCUT2D eigenvalue weighted by atomic mass is 10.1. The molecule has 0 fully saturated rings. The second kappa shape index (κ2) is 7.75. The molecule has 2 rings (SSSR count). The van der Waals surface area contributed by atoms with Crippen molar-refractivity contribution in [3.05, 3.63) is 21.7 Å². The molecule has 1 atom stereocenters. The summed E-state index contributed by atoms with van der Waals surface area (Å²) in [5.41, 5.74) is 5.35. The Labute approximate surface area is 165 Å². The van der Waals surface area contributed by atoms with Crippen molar-refractivity contribution in [2.24, 2.45) is 5.73 Å². The number of halogens is 1. The highest BCUT2D eigenvalue weighted by molar-refractivity contribution is 9.10. The molecule has 0 aromatic heterocycles. The van der Waals surface area contributed by atoms with Gasteiger partial charge in [0.15, 0.2) is 0 Å². The molecule has 3 N–H and O–H groups in total. The summed E-state index contributed by atoms with van der Waals surface area (Å²) in [6.07, 6.45) is -0.0496. The van der Waals surface area contributed by atoms with Gasteiger partial charge in [-0.2, -0.15) is 0 Å². The zero-order valence-electron chi connectivity index (χ0n) is 15.7. The first-order valence-corrected chi connectivity index (χ1v) is 9.16. The third kappa shape index (κ3) is 4.52. The fourth-order valence-corrected chi connectivity index (χ4v) is 3.40. The Morgan fingerprint density at radius 1 is 1.41 bits per heavy atom. The second-order valence-electron chi connectivity index (χ2n) is 7.24. The van der Waals surface area contributed by atoms with Gasteiger partial charge in [0, 0.05) is 12.0 Å². The molecule has 0 saturated carbocycles. The highest BCUT2D eigenvalue weighted by Crippen LogP contribution is 2.42. The fourth-order valence-electron chi connectivity index (χ4n) is 2.95. The molecule has 0 bridgehead atoms. The predicted octanol–water partition coefficient (Wildman–Crippen LogP) is 2.09. The van der Waals surface area contributed by atoms with Crippen LogP contribution in [0.25, 0.3) is 0 Å². The van der Waals surface area contributed by atoms with Crippen LogP contribution in [-0.4, -0.2) is 46.5 Å². The molecule has 148 valence electrons. The summed E-state index contributed by atoms with van der Waals surface area (Å²) in [6, 6.07) is 0.468. The zero-order chi connectivity index (χ0) is 20.5. The molecule has 8 nitrogen and oxygen atoms in total. The number of amides is 2. The Morgan fingerprint density at radius 3 is 2.56 bits per heavy atom. The van der Waals surface area contributed by atoms with Gasteiger partial charge < -0.3 is 25.2 Å². The van der Waals surface area contributed by atoms with Gasteiger partial charge in [0.1, 0.15) is 23.1 Å². The molecular formula is C18H23BrN2O6. The van der Waals surface area contributed by atoms with E-state index in [-0.39, 0.29) is 36.4 Å². The van der Waals surface area contributed by atoms with Crippen molar-refractivity contribution in [3.8, 4) is 11.5 Å². The molecule has 1 aromatic rings. The third-order valence-corrected chi connectivity index (χ3v) is 4.69. The number of carbonyl (C=O) groups excluding carboxylic acids is 3. The number of primary amides is 1. The maximum Gasteiger partial charge on any atom is 0.306 e. The van der Waals surface area contributed by atoms with E-state index in [1.54, 1.807) is 20.8 Å². The van der Waals surface area contributed by atoms with E-state index >= 15 is 0 Å². The number of benzene rings is 1. The Balaban J connectivity index is 2.24. The van der Waals surface area contributed by atoms with Crippen LogP contribution in [0.2, 0.25) is 0 Å². The minimum Gasteiger partial charge on any atom is -0.506 e. The number of rotatable bonds is 6. The molecule has 1 aliphatic heterocycles. The summed E-state index contributed by atoms with van der Waals surface area (Å²) < 4.78 is 10.8. The summed E-state index contributed by atoms with van der Waals surface area (Å²) in [5.74, 6) is -1.54. The molecular weight excluding hydrogens is 420 g/mol. The van der Waals surface area contributed by atoms with E-state index in [9.17, 15) is 19.5 Å². The largest absolute Gasteiger partial charge is 0.506 e. The molecule has 9 heteroatoms. The maximum absolute atomic E-state index is 12.9. The number of phenols is 1. The highest BCUT2D eigenvalue weighted by Gasteiger charge is 2.40. The average molecular weight is 443 g/mol. The van der Waals surface area contributed by atoms with Crippen LogP contribution in [0, 0.1) is 0 Å². The number of phenolic OH excluding ortho intramolecular Hbond substituents is 1. The van der Waals surface area contributed by atoms with Gasteiger partial charge in [-0.3, -0.25) is 14.4 Å². The maximum atomic E-state index is 12.9. The first-order valence-electron chi connectivity index (χ1n) is 8.36. The Hall–Kier alpha value is -2.29. The van der Waals surface area contributed by atoms with Gasteiger partial charge in [-0.1, -0.05) is 0 Å². The first-order chi connectivity index (χ1) is 12.5. The number of hydrogen-bond acceptors (Lipinski definition) is 6. The van der Waals surface area contributed by atoms with Gasteiger partial charge in [-0.25, -0.2) is 0 Å². The van der Waals surface area contributed by atoms with Crippen LogP contribution in [0.3, 0.4) is 0 Å². The topological polar surface area (TPSA) is 119 Å². The van der Waals surface area contributed by atoms with E-state index in [2.05, 4.69) is 15.9 Å². The van der Waals surface area contributed by atoms with E-state index in [0.29, 0.717) is 10.0 Å². The monoisotopic (exact) mass is 442 g/mol. The first kappa shape index (κ1) is 21.0. The third-order valence-electron chi connectivity index (χ3n) is 4.09. The highest BCUT2D eigenvalue weighted by atomic mass is 79.9. The summed E-state index contributed by atoms with van der Waals surface area (Å²) in [4.78, 5) is 38.0. The van der Waals surface area contributed by atoms with Crippen molar-refractivity contribution in [1.82, 2.24) is 4.90 Å². The van der Waals surface area contributed by atoms with Crippen molar-refractivity contribution in [1.29, 1.82) is 0 Å².